The molecular formula is C20H28FN3O. The SMILES string of the molecule is CC(C)(CO)CNC1CC(C)(C)Cc2c1cnn2-c1ccc(F)cc1. The maximum atomic E-state index is 13.2. The Morgan fingerprint density at radius 3 is 2.64 bits per heavy atom. The van der Waals surface area contributed by atoms with Gasteiger partial charge in [0.1, 0.15) is 5.82 Å². The van der Waals surface area contributed by atoms with Crippen molar-refractivity contribution in [3.05, 3.63) is 47.5 Å². The molecule has 0 fully saturated rings. The standard InChI is InChI=1S/C20H28FN3O/c1-19(2)9-17(22-12-20(3,4)13-25)16-11-23-24(18(16)10-19)15-7-5-14(21)6-8-15/h5-8,11,17,22,25H,9-10,12-13H2,1-4H3. The second-order valence-corrected chi connectivity index (χ2v) is 8.74. The first-order chi connectivity index (χ1) is 11.7. The summed E-state index contributed by atoms with van der Waals surface area (Å²) in [5.41, 5.74) is 3.26. The van der Waals surface area contributed by atoms with E-state index in [9.17, 15) is 9.50 Å². The third-order valence-electron chi connectivity index (χ3n) is 5.01. The summed E-state index contributed by atoms with van der Waals surface area (Å²) in [6.07, 6.45) is 3.88. The number of hydrogen-bond acceptors (Lipinski definition) is 3. The van der Waals surface area contributed by atoms with Crippen LogP contribution in [0.25, 0.3) is 5.69 Å². The summed E-state index contributed by atoms with van der Waals surface area (Å²) in [6.45, 7) is 9.53. The lowest BCUT2D eigenvalue weighted by Gasteiger charge is -2.37. The zero-order valence-electron chi connectivity index (χ0n) is 15.5. The summed E-state index contributed by atoms with van der Waals surface area (Å²) in [5, 5.41) is 17.7. The van der Waals surface area contributed by atoms with Gasteiger partial charge in [0, 0.05) is 35.9 Å². The summed E-state index contributed by atoms with van der Waals surface area (Å²) in [7, 11) is 0. The molecule has 1 aromatic carbocycles. The van der Waals surface area contributed by atoms with Crippen LogP contribution in [0.5, 0.6) is 0 Å². The third kappa shape index (κ3) is 3.93. The summed E-state index contributed by atoms with van der Waals surface area (Å²) < 4.78 is 15.2. The monoisotopic (exact) mass is 345 g/mol. The fraction of sp³-hybridized carbons (Fsp3) is 0.550. The summed E-state index contributed by atoms with van der Waals surface area (Å²) in [5.74, 6) is -0.240. The minimum absolute atomic E-state index is 0.145. The third-order valence-corrected chi connectivity index (χ3v) is 5.01. The van der Waals surface area contributed by atoms with Gasteiger partial charge in [0.2, 0.25) is 0 Å². The molecule has 1 heterocycles. The van der Waals surface area contributed by atoms with Crippen molar-refractivity contribution in [3.63, 3.8) is 0 Å². The van der Waals surface area contributed by atoms with Crippen molar-refractivity contribution in [2.45, 2.75) is 46.6 Å². The zero-order chi connectivity index (χ0) is 18.2. The highest BCUT2D eigenvalue weighted by atomic mass is 19.1. The van der Waals surface area contributed by atoms with Crippen molar-refractivity contribution in [2.75, 3.05) is 13.2 Å². The van der Waals surface area contributed by atoms with Gasteiger partial charge in [-0.1, -0.05) is 27.7 Å². The zero-order valence-corrected chi connectivity index (χ0v) is 15.5. The molecule has 25 heavy (non-hydrogen) atoms. The Morgan fingerprint density at radius 1 is 1.32 bits per heavy atom. The van der Waals surface area contributed by atoms with Crippen LogP contribution < -0.4 is 5.32 Å². The van der Waals surface area contributed by atoms with Gasteiger partial charge in [0.05, 0.1) is 11.9 Å². The van der Waals surface area contributed by atoms with Crippen LogP contribution in [0.1, 0.15) is 51.4 Å². The van der Waals surface area contributed by atoms with Gasteiger partial charge < -0.3 is 10.4 Å². The van der Waals surface area contributed by atoms with Crippen molar-refractivity contribution in [1.29, 1.82) is 0 Å². The smallest absolute Gasteiger partial charge is 0.123 e. The highest BCUT2D eigenvalue weighted by molar-refractivity contribution is 5.38. The topological polar surface area (TPSA) is 50.1 Å². The number of halogens is 1. The van der Waals surface area contributed by atoms with Gasteiger partial charge in [-0.05, 0) is 42.5 Å². The van der Waals surface area contributed by atoms with Crippen LogP contribution in [0, 0.1) is 16.6 Å². The average molecular weight is 345 g/mol. The van der Waals surface area contributed by atoms with Crippen LogP contribution in [-0.2, 0) is 6.42 Å². The fourth-order valence-corrected chi connectivity index (χ4v) is 3.48. The first kappa shape index (κ1) is 18.1. The number of nitrogens with one attached hydrogen (secondary N) is 1. The van der Waals surface area contributed by atoms with E-state index in [1.807, 2.05) is 10.9 Å². The molecule has 1 aliphatic rings. The maximum absolute atomic E-state index is 13.2. The van der Waals surface area contributed by atoms with Crippen molar-refractivity contribution >= 4 is 0 Å². The molecule has 136 valence electrons. The van der Waals surface area contributed by atoms with Gasteiger partial charge in [0.25, 0.3) is 0 Å². The van der Waals surface area contributed by atoms with Gasteiger partial charge in [-0.25, -0.2) is 9.07 Å². The molecule has 4 nitrogen and oxygen atoms in total. The molecular weight excluding hydrogens is 317 g/mol. The van der Waals surface area contributed by atoms with E-state index in [2.05, 4.69) is 38.1 Å². The Balaban J connectivity index is 1.92. The predicted molar refractivity (Wildman–Crippen MR) is 97.2 cm³/mol. The minimum atomic E-state index is -0.240. The predicted octanol–water partition coefficient (Wildman–Crippen LogP) is 3.63. The second-order valence-electron chi connectivity index (χ2n) is 8.74. The first-order valence-corrected chi connectivity index (χ1v) is 8.88. The van der Waals surface area contributed by atoms with E-state index in [-0.39, 0.29) is 29.3 Å². The Morgan fingerprint density at radius 2 is 2.00 bits per heavy atom. The van der Waals surface area contributed by atoms with Crippen molar-refractivity contribution in [2.24, 2.45) is 10.8 Å². The number of fused-ring (bicyclic) bond motifs is 1. The molecule has 1 atom stereocenters. The van der Waals surface area contributed by atoms with Crippen molar-refractivity contribution < 1.29 is 9.50 Å². The Hall–Kier alpha value is -1.72. The van der Waals surface area contributed by atoms with Crippen LogP contribution in [0.4, 0.5) is 4.39 Å². The van der Waals surface area contributed by atoms with Crippen LogP contribution >= 0.6 is 0 Å². The van der Waals surface area contributed by atoms with Crippen LogP contribution in [0.2, 0.25) is 0 Å². The molecule has 1 unspecified atom stereocenters. The number of benzene rings is 1. The van der Waals surface area contributed by atoms with Gasteiger partial charge in [-0.3, -0.25) is 0 Å². The van der Waals surface area contributed by atoms with E-state index in [1.165, 1.54) is 23.4 Å². The Kier molecular flexibility index (Phi) is 4.73. The fourth-order valence-electron chi connectivity index (χ4n) is 3.48. The molecule has 2 N–H and O–H groups in total. The summed E-state index contributed by atoms with van der Waals surface area (Å²) in [6, 6.07) is 6.68. The summed E-state index contributed by atoms with van der Waals surface area (Å²) in [4.78, 5) is 0. The van der Waals surface area contributed by atoms with Crippen LogP contribution in [-0.4, -0.2) is 28.0 Å². The number of aliphatic hydroxyl groups is 1. The van der Waals surface area contributed by atoms with E-state index in [0.29, 0.717) is 0 Å². The van der Waals surface area contributed by atoms with Crippen LogP contribution in [0.15, 0.2) is 30.5 Å². The largest absolute Gasteiger partial charge is 0.396 e. The maximum Gasteiger partial charge on any atom is 0.123 e. The number of aliphatic hydroxyl groups excluding tert-OH is 1. The lowest BCUT2D eigenvalue weighted by molar-refractivity contribution is 0.146. The molecule has 5 heteroatoms. The van der Waals surface area contributed by atoms with E-state index in [1.54, 1.807) is 12.1 Å². The molecule has 0 radical (unpaired) electrons. The van der Waals surface area contributed by atoms with Gasteiger partial charge in [-0.15, -0.1) is 0 Å². The molecule has 1 aromatic heterocycles. The number of aromatic nitrogens is 2. The number of nitrogens with zero attached hydrogens (tertiary/aromatic N) is 2. The summed E-state index contributed by atoms with van der Waals surface area (Å²) >= 11 is 0. The van der Waals surface area contributed by atoms with Gasteiger partial charge in [0.15, 0.2) is 0 Å². The van der Waals surface area contributed by atoms with Crippen molar-refractivity contribution in [1.82, 2.24) is 15.1 Å². The molecule has 0 saturated heterocycles. The second kappa shape index (κ2) is 6.54. The quantitative estimate of drug-likeness (QED) is 0.870. The van der Waals surface area contributed by atoms with E-state index in [4.69, 9.17) is 0 Å². The lowest BCUT2D eigenvalue weighted by atomic mass is 9.74. The molecule has 0 bridgehead atoms. The molecule has 2 aromatic rings. The highest BCUT2D eigenvalue weighted by Crippen LogP contribution is 2.41. The normalized spacial score (nSPS) is 19.7. The molecule has 3 rings (SSSR count). The van der Waals surface area contributed by atoms with Crippen LogP contribution in [0.3, 0.4) is 0 Å². The van der Waals surface area contributed by atoms with E-state index >= 15 is 0 Å². The molecule has 0 amide bonds. The minimum Gasteiger partial charge on any atom is -0.396 e. The van der Waals surface area contributed by atoms with Gasteiger partial charge >= 0.3 is 0 Å². The Bertz CT molecular complexity index is 734. The van der Waals surface area contributed by atoms with E-state index in [0.717, 1.165) is 25.1 Å². The first-order valence-electron chi connectivity index (χ1n) is 8.88. The molecule has 0 saturated carbocycles. The average Bonchev–Trinajstić information content (AvgIpc) is 2.96. The van der Waals surface area contributed by atoms with Crippen molar-refractivity contribution in [3.8, 4) is 5.69 Å². The number of hydrogen-bond donors (Lipinski definition) is 2. The molecule has 0 aliphatic heterocycles. The van der Waals surface area contributed by atoms with Gasteiger partial charge in [-0.2, -0.15) is 5.10 Å². The molecule has 0 spiro atoms. The molecule has 1 aliphatic carbocycles. The van der Waals surface area contributed by atoms with E-state index < -0.39 is 0 Å². The number of rotatable bonds is 5. The lowest BCUT2D eigenvalue weighted by Crippen LogP contribution is -2.39. The Labute approximate surface area is 149 Å². The highest BCUT2D eigenvalue weighted by Gasteiger charge is 2.35.